The van der Waals surface area contributed by atoms with Gasteiger partial charge in [0.15, 0.2) is 0 Å². The lowest BCUT2D eigenvalue weighted by Crippen LogP contribution is -2.13. The summed E-state index contributed by atoms with van der Waals surface area (Å²) < 4.78 is 2.39. The van der Waals surface area contributed by atoms with E-state index in [2.05, 4.69) is 31.3 Å². The Balaban J connectivity index is 2.17. The van der Waals surface area contributed by atoms with Gasteiger partial charge in [0.05, 0.1) is 23.6 Å². The predicted molar refractivity (Wildman–Crippen MR) is 67.8 cm³/mol. The number of hydrogen-bond acceptors (Lipinski definition) is 3. The largest absolute Gasteiger partial charge is 0.320 e. The topological polar surface area (TPSA) is 59.8 Å². The summed E-state index contributed by atoms with van der Waals surface area (Å²) in [4.78, 5) is 16.0. The van der Waals surface area contributed by atoms with Crippen LogP contribution < -0.4 is 5.32 Å². The van der Waals surface area contributed by atoms with E-state index in [1.165, 1.54) is 0 Å². The molecule has 0 fully saturated rings. The van der Waals surface area contributed by atoms with Crippen molar-refractivity contribution in [3.8, 4) is 0 Å². The number of hydrogen-bond donors (Lipinski definition) is 1. The molecule has 0 saturated heterocycles. The van der Waals surface area contributed by atoms with Crippen LogP contribution in [0, 0.1) is 6.92 Å². The highest BCUT2D eigenvalue weighted by atomic mass is 79.9. The molecule has 5 nitrogen and oxygen atoms in total. The second-order valence-corrected chi connectivity index (χ2v) is 4.40. The number of nitrogens with one attached hydrogen (secondary N) is 1. The molecule has 0 aliphatic rings. The van der Waals surface area contributed by atoms with Gasteiger partial charge in [-0.2, -0.15) is 5.10 Å². The van der Waals surface area contributed by atoms with E-state index in [0.717, 1.165) is 10.3 Å². The smallest absolute Gasteiger partial charge is 0.259 e. The molecule has 0 aliphatic carbocycles. The van der Waals surface area contributed by atoms with Crippen LogP contribution in [0.1, 0.15) is 16.1 Å². The monoisotopic (exact) mass is 294 g/mol. The van der Waals surface area contributed by atoms with E-state index in [-0.39, 0.29) is 5.91 Å². The summed E-state index contributed by atoms with van der Waals surface area (Å²) in [7, 11) is 1.80. The summed E-state index contributed by atoms with van der Waals surface area (Å²) in [5.74, 6) is -0.181. The fourth-order valence-corrected chi connectivity index (χ4v) is 1.60. The van der Waals surface area contributed by atoms with Gasteiger partial charge in [-0.15, -0.1) is 0 Å². The van der Waals surface area contributed by atoms with E-state index in [4.69, 9.17) is 0 Å². The molecule has 0 spiro atoms. The van der Waals surface area contributed by atoms with E-state index in [0.29, 0.717) is 11.3 Å². The Bertz CT molecular complexity index is 547. The maximum absolute atomic E-state index is 11.9. The van der Waals surface area contributed by atoms with Gasteiger partial charge in [-0.25, -0.2) is 4.98 Å². The van der Waals surface area contributed by atoms with Crippen LogP contribution in [0.2, 0.25) is 0 Å². The number of halogens is 1. The molecule has 0 aliphatic heterocycles. The first kappa shape index (κ1) is 11.8. The standard InChI is InChI=1S/C11H11BrN4O/c1-7-9(6-14-16(7)2)11(17)15-8-3-4-10(12)13-5-8/h3-6H,1-2H3,(H,15,17). The van der Waals surface area contributed by atoms with Crippen LogP contribution in [0.5, 0.6) is 0 Å². The third-order valence-corrected chi connectivity index (χ3v) is 2.93. The van der Waals surface area contributed by atoms with E-state index in [1.54, 1.807) is 36.3 Å². The Morgan fingerprint density at radius 3 is 2.71 bits per heavy atom. The lowest BCUT2D eigenvalue weighted by Gasteiger charge is -2.04. The second-order valence-electron chi connectivity index (χ2n) is 3.59. The number of aromatic nitrogens is 3. The maximum Gasteiger partial charge on any atom is 0.259 e. The SMILES string of the molecule is Cc1c(C(=O)Nc2ccc(Br)nc2)cnn1C. The van der Waals surface area contributed by atoms with Crippen molar-refractivity contribution in [1.29, 1.82) is 0 Å². The zero-order valence-corrected chi connectivity index (χ0v) is 11.0. The zero-order valence-electron chi connectivity index (χ0n) is 9.44. The lowest BCUT2D eigenvalue weighted by molar-refractivity contribution is 0.102. The van der Waals surface area contributed by atoms with Crippen molar-refractivity contribution >= 4 is 27.5 Å². The van der Waals surface area contributed by atoms with Crippen LogP contribution in [0.25, 0.3) is 0 Å². The molecule has 2 aromatic rings. The molecular weight excluding hydrogens is 284 g/mol. The fraction of sp³-hybridized carbons (Fsp3) is 0.182. The number of pyridine rings is 1. The Morgan fingerprint density at radius 1 is 1.41 bits per heavy atom. The number of carbonyl (C=O) groups excluding carboxylic acids is 1. The van der Waals surface area contributed by atoms with Gasteiger partial charge >= 0.3 is 0 Å². The van der Waals surface area contributed by atoms with Crippen molar-refractivity contribution in [3.05, 3.63) is 40.4 Å². The second kappa shape index (κ2) is 4.67. The highest BCUT2D eigenvalue weighted by Crippen LogP contribution is 2.13. The van der Waals surface area contributed by atoms with E-state index in [1.807, 2.05) is 6.92 Å². The van der Waals surface area contributed by atoms with Crippen LogP contribution >= 0.6 is 15.9 Å². The molecule has 0 aromatic carbocycles. The number of nitrogens with zero attached hydrogens (tertiary/aromatic N) is 3. The van der Waals surface area contributed by atoms with E-state index >= 15 is 0 Å². The number of amides is 1. The molecule has 1 N–H and O–H groups in total. The molecule has 6 heteroatoms. The molecule has 0 atom stereocenters. The Kier molecular flexibility index (Phi) is 3.23. The van der Waals surface area contributed by atoms with Crippen LogP contribution in [-0.4, -0.2) is 20.7 Å². The molecule has 2 heterocycles. The van der Waals surface area contributed by atoms with Crippen molar-refractivity contribution in [1.82, 2.24) is 14.8 Å². The lowest BCUT2D eigenvalue weighted by atomic mass is 10.2. The molecular formula is C11H11BrN4O. The van der Waals surface area contributed by atoms with Crippen molar-refractivity contribution in [2.45, 2.75) is 6.92 Å². The van der Waals surface area contributed by atoms with Crippen LogP contribution in [0.3, 0.4) is 0 Å². The summed E-state index contributed by atoms with van der Waals surface area (Å²) in [5, 5.41) is 6.79. The number of rotatable bonds is 2. The van der Waals surface area contributed by atoms with Gasteiger partial charge in [0, 0.05) is 12.7 Å². The molecule has 88 valence electrons. The van der Waals surface area contributed by atoms with Crippen molar-refractivity contribution < 1.29 is 4.79 Å². The molecule has 0 unspecified atom stereocenters. The first-order chi connectivity index (χ1) is 8.08. The third-order valence-electron chi connectivity index (χ3n) is 2.47. The molecule has 0 saturated carbocycles. The Hall–Kier alpha value is -1.69. The first-order valence-electron chi connectivity index (χ1n) is 4.99. The van der Waals surface area contributed by atoms with Gasteiger partial charge in [0.2, 0.25) is 0 Å². The molecule has 2 rings (SSSR count). The van der Waals surface area contributed by atoms with Gasteiger partial charge < -0.3 is 5.32 Å². The molecule has 2 aromatic heterocycles. The maximum atomic E-state index is 11.9. The van der Waals surface area contributed by atoms with Gasteiger partial charge in [-0.1, -0.05) is 0 Å². The van der Waals surface area contributed by atoms with Gasteiger partial charge in [0.1, 0.15) is 4.60 Å². The number of anilines is 1. The first-order valence-corrected chi connectivity index (χ1v) is 5.78. The minimum atomic E-state index is -0.181. The highest BCUT2D eigenvalue weighted by Gasteiger charge is 2.12. The van der Waals surface area contributed by atoms with Gasteiger partial charge in [-0.3, -0.25) is 9.48 Å². The molecule has 17 heavy (non-hydrogen) atoms. The highest BCUT2D eigenvalue weighted by molar-refractivity contribution is 9.10. The van der Waals surface area contributed by atoms with Crippen molar-refractivity contribution in [2.24, 2.45) is 7.05 Å². The Labute approximate surface area is 107 Å². The summed E-state index contributed by atoms with van der Waals surface area (Å²) in [6.07, 6.45) is 3.14. The van der Waals surface area contributed by atoms with Crippen molar-refractivity contribution in [3.63, 3.8) is 0 Å². The van der Waals surface area contributed by atoms with Crippen LogP contribution in [-0.2, 0) is 7.05 Å². The summed E-state index contributed by atoms with van der Waals surface area (Å²) in [6.45, 7) is 1.85. The predicted octanol–water partition coefficient (Wildman–Crippen LogP) is 2.14. The van der Waals surface area contributed by atoms with Gasteiger partial charge in [0.25, 0.3) is 5.91 Å². The van der Waals surface area contributed by atoms with Gasteiger partial charge in [-0.05, 0) is 35.0 Å². The van der Waals surface area contributed by atoms with Crippen LogP contribution in [0.15, 0.2) is 29.1 Å². The number of aryl methyl sites for hydroxylation is 1. The average molecular weight is 295 g/mol. The molecule has 0 bridgehead atoms. The number of carbonyl (C=O) groups is 1. The minimum absolute atomic E-state index is 0.181. The fourth-order valence-electron chi connectivity index (χ4n) is 1.37. The van der Waals surface area contributed by atoms with Crippen LogP contribution in [0.4, 0.5) is 5.69 Å². The van der Waals surface area contributed by atoms with E-state index < -0.39 is 0 Å². The zero-order chi connectivity index (χ0) is 12.4. The molecule has 1 amide bonds. The van der Waals surface area contributed by atoms with Crippen molar-refractivity contribution in [2.75, 3.05) is 5.32 Å². The minimum Gasteiger partial charge on any atom is -0.320 e. The summed E-state index contributed by atoms with van der Waals surface area (Å²) >= 11 is 3.23. The normalized spacial score (nSPS) is 10.3. The summed E-state index contributed by atoms with van der Waals surface area (Å²) in [6, 6.07) is 3.55. The Morgan fingerprint density at radius 2 is 2.18 bits per heavy atom. The average Bonchev–Trinajstić information content (AvgIpc) is 2.63. The van der Waals surface area contributed by atoms with E-state index in [9.17, 15) is 4.79 Å². The summed E-state index contributed by atoms with van der Waals surface area (Å²) in [5.41, 5.74) is 2.05. The third kappa shape index (κ3) is 2.52. The quantitative estimate of drug-likeness (QED) is 0.863. The molecule has 0 radical (unpaired) electrons.